The summed E-state index contributed by atoms with van der Waals surface area (Å²) in [7, 11) is 1.55. The van der Waals surface area contributed by atoms with E-state index in [0.29, 0.717) is 6.61 Å². The summed E-state index contributed by atoms with van der Waals surface area (Å²) in [6.45, 7) is 7.54. The van der Waals surface area contributed by atoms with Gasteiger partial charge < -0.3 is 20.5 Å². The molecule has 1 fully saturated rings. The molecule has 1 rings (SSSR count). The third-order valence-electron chi connectivity index (χ3n) is 3.39. The summed E-state index contributed by atoms with van der Waals surface area (Å²) < 4.78 is 4.96. The molecule has 6 heteroatoms. The van der Waals surface area contributed by atoms with Crippen molar-refractivity contribution in [2.24, 2.45) is 0 Å². The summed E-state index contributed by atoms with van der Waals surface area (Å²) in [5.41, 5.74) is -0.566. The maximum atomic E-state index is 12.3. The number of hydrogen-bond donors (Lipinski definition) is 3. The van der Waals surface area contributed by atoms with Crippen molar-refractivity contribution in [2.75, 3.05) is 46.5 Å². The average molecular weight is 259 g/mol. The maximum Gasteiger partial charge on any atom is 0.240 e. The Bertz CT molecular complexity index is 265. The number of piperazine rings is 1. The van der Waals surface area contributed by atoms with E-state index in [4.69, 9.17) is 9.84 Å². The zero-order chi connectivity index (χ0) is 13.6. The SMILES string of the molecule is COCC(CO)NC(=O)C(C)(C)N1CCNCC1. The van der Waals surface area contributed by atoms with Crippen LogP contribution in [0.3, 0.4) is 0 Å². The molecule has 1 unspecified atom stereocenters. The number of nitrogens with one attached hydrogen (secondary N) is 2. The molecule has 6 nitrogen and oxygen atoms in total. The van der Waals surface area contributed by atoms with Gasteiger partial charge in [-0.2, -0.15) is 0 Å². The Hall–Kier alpha value is -0.690. The molecule has 18 heavy (non-hydrogen) atoms. The first kappa shape index (κ1) is 15.4. The van der Waals surface area contributed by atoms with E-state index < -0.39 is 5.54 Å². The molecule has 1 saturated heterocycles. The zero-order valence-electron chi connectivity index (χ0n) is 11.5. The first-order valence-electron chi connectivity index (χ1n) is 6.39. The van der Waals surface area contributed by atoms with Gasteiger partial charge in [0.2, 0.25) is 5.91 Å². The molecule has 0 aromatic heterocycles. The average Bonchev–Trinajstić information content (AvgIpc) is 2.39. The Balaban J connectivity index is 2.56. The number of methoxy groups -OCH3 is 1. The predicted molar refractivity (Wildman–Crippen MR) is 69.4 cm³/mol. The second-order valence-corrected chi connectivity index (χ2v) is 5.10. The van der Waals surface area contributed by atoms with E-state index in [1.54, 1.807) is 7.11 Å². The maximum absolute atomic E-state index is 12.3. The number of aliphatic hydroxyl groups excluding tert-OH is 1. The number of carbonyl (C=O) groups is 1. The van der Waals surface area contributed by atoms with Crippen LogP contribution < -0.4 is 10.6 Å². The minimum absolute atomic E-state index is 0.0690. The minimum Gasteiger partial charge on any atom is -0.394 e. The molecule has 0 saturated carbocycles. The van der Waals surface area contributed by atoms with Crippen molar-refractivity contribution in [1.82, 2.24) is 15.5 Å². The molecule has 1 heterocycles. The fourth-order valence-corrected chi connectivity index (χ4v) is 2.07. The van der Waals surface area contributed by atoms with Crippen molar-refractivity contribution in [3.8, 4) is 0 Å². The first-order chi connectivity index (χ1) is 8.52. The summed E-state index contributed by atoms with van der Waals surface area (Å²) >= 11 is 0. The fraction of sp³-hybridized carbons (Fsp3) is 0.917. The third kappa shape index (κ3) is 3.91. The summed E-state index contributed by atoms with van der Waals surface area (Å²) in [4.78, 5) is 14.4. The van der Waals surface area contributed by atoms with Crippen molar-refractivity contribution in [2.45, 2.75) is 25.4 Å². The topological polar surface area (TPSA) is 73.8 Å². The number of hydrogen-bond acceptors (Lipinski definition) is 5. The lowest BCUT2D eigenvalue weighted by atomic mass is 10.00. The molecular weight excluding hydrogens is 234 g/mol. The molecule has 0 aromatic carbocycles. The van der Waals surface area contributed by atoms with Crippen LogP contribution in [0, 0.1) is 0 Å². The van der Waals surface area contributed by atoms with E-state index >= 15 is 0 Å². The lowest BCUT2D eigenvalue weighted by molar-refractivity contribution is -0.133. The number of ether oxygens (including phenoxy) is 1. The summed E-state index contributed by atoms with van der Waals surface area (Å²) in [6.07, 6.45) is 0. The molecule has 1 atom stereocenters. The second-order valence-electron chi connectivity index (χ2n) is 5.10. The smallest absolute Gasteiger partial charge is 0.240 e. The van der Waals surface area contributed by atoms with Crippen LogP contribution in [0.1, 0.15) is 13.8 Å². The van der Waals surface area contributed by atoms with Crippen LogP contribution in [0.5, 0.6) is 0 Å². The van der Waals surface area contributed by atoms with Crippen LogP contribution in [0.4, 0.5) is 0 Å². The highest BCUT2D eigenvalue weighted by atomic mass is 16.5. The monoisotopic (exact) mass is 259 g/mol. The Labute approximate surface area is 109 Å². The van der Waals surface area contributed by atoms with Crippen molar-refractivity contribution >= 4 is 5.91 Å². The van der Waals surface area contributed by atoms with Gasteiger partial charge in [-0.15, -0.1) is 0 Å². The number of rotatable bonds is 6. The van der Waals surface area contributed by atoms with E-state index in [2.05, 4.69) is 15.5 Å². The van der Waals surface area contributed by atoms with Gasteiger partial charge in [0.1, 0.15) is 0 Å². The van der Waals surface area contributed by atoms with E-state index in [9.17, 15) is 4.79 Å². The Morgan fingerprint density at radius 1 is 1.50 bits per heavy atom. The second kappa shape index (κ2) is 7.04. The molecule has 3 N–H and O–H groups in total. The number of aliphatic hydroxyl groups is 1. The molecule has 1 amide bonds. The van der Waals surface area contributed by atoms with E-state index in [0.717, 1.165) is 26.2 Å². The standard InChI is InChI=1S/C12H25N3O3/c1-12(2,15-6-4-13-5-7-15)11(17)14-10(8-16)9-18-3/h10,13,16H,4-9H2,1-3H3,(H,14,17). The highest BCUT2D eigenvalue weighted by Crippen LogP contribution is 2.15. The van der Waals surface area contributed by atoms with Crippen molar-refractivity contribution in [3.63, 3.8) is 0 Å². The van der Waals surface area contributed by atoms with Crippen molar-refractivity contribution in [1.29, 1.82) is 0 Å². The zero-order valence-corrected chi connectivity index (χ0v) is 11.5. The number of carbonyl (C=O) groups excluding carboxylic acids is 1. The van der Waals surface area contributed by atoms with E-state index in [-0.39, 0.29) is 18.6 Å². The third-order valence-corrected chi connectivity index (χ3v) is 3.39. The van der Waals surface area contributed by atoms with Crippen LogP contribution in [0.25, 0.3) is 0 Å². The van der Waals surface area contributed by atoms with Gasteiger partial charge in [0.25, 0.3) is 0 Å². The lowest BCUT2D eigenvalue weighted by Crippen LogP contribution is -2.61. The van der Waals surface area contributed by atoms with Crippen LogP contribution in [-0.4, -0.2) is 74.0 Å². The molecule has 1 aliphatic rings. The van der Waals surface area contributed by atoms with E-state index in [1.165, 1.54) is 0 Å². The van der Waals surface area contributed by atoms with Crippen LogP contribution in [0.15, 0.2) is 0 Å². The Kier molecular flexibility index (Phi) is 6.01. The normalized spacial score (nSPS) is 19.6. The minimum atomic E-state index is -0.566. The molecule has 106 valence electrons. The van der Waals surface area contributed by atoms with Crippen LogP contribution in [-0.2, 0) is 9.53 Å². The quantitative estimate of drug-likeness (QED) is 0.558. The van der Waals surface area contributed by atoms with Gasteiger partial charge in [0.05, 0.1) is 24.8 Å². The Morgan fingerprint density at radius 2 is 2.11 bits per heavy atom. The number of nitrogens with zero attached hydrogens (tertiary/aromatic N) is 1. The molecule has 0 radical (unpaired) electrons. The fourth-order valence-electron chi connectivity index (χ4n) is 2.07. The van der Waals surface area contributed by atoms with Crippen LogP contribution in [0.2, 0.25) is 0 Å². The summed E-state index contributed by atoms with van der Waals surface area (Å²) in [6, 6.07) is -0.343. The molecule has 0 bridgehead atoms. The van der Waals surface area contributed by atoms with Gasteiger partial charge in [-0.25, -0.2) is 0 Å². The van der Waals surface area contributed by atoms with Gasteiger partial charge in [0.15, 0.2) is 0 Å². The van der Waals surface area contributed by atoms with Gasteiger partial charge >= 0.3 is 0 Å². The molecule has 0 spiro atoms. The van der Waals surface area contributed by atoms with Gasteiger partial charge in [-0.1, -0.05) is 0 Å². The van der Waals surface area contributed by atoms with Crippen molar-refractivity contribution in [3.05, 3.63) is 0 Å². The Morgan fingerprint density at radius 3 is 2.61 bits per heavy atom. The van der Waals surface area contributed by atoms with Gasteiger partial charge in [-0.05, 0) is 13.8 Å². The highest BCUT2D eigenvalue weighted by molar-refractivity contribution is 5.85. The first-order valence-corrected chi connectivity index (χ1v) is 6.39. The molecular formula is C12H25N3O3. The molecule has 1 aliphatic heterocycles. The molecule has 0 aliphatic carbocycles. The summed E-state index contributed by atoms with van der Waals surface area (Å²) in [5.74, 6) is -0.0690. The van der Waals surface area contributed by atoms with Crippen molar-refractivity contribution < 1.29 is 14.6 Å². The summed E-state index contributed by atoms with van der Waals surface area (Å²) in [5, 5.41) is 15.3. The lowest BCUT2D eigenvalue weighted by Gasteiger charge is -2.40. The van der Waals surface area contributed by atoms with Gasteiger partial charge in [-0.3, -0.25) is 9.69 Å². The van der Waals surface area contributed by atoms with Gasteiger partial charge in [0, 0.05) is 33.3 Å². The number of amides is 1. The largest absolute Gasteiger partial charge is 0.394 e. The van der Waals surface area contributed by atoms with Crippen LogP contribution >= 0.6 is 0 Å². The molecule has 0 aromatic rings. The van der Waals surface area contributed by atoms with E-state index in [1.807, 2.05) is 13.8 Å². The predicted octanol–water partition coefficient (Wildman–Crippen LogP) is -1.21. The highest BCUT2D eigenvalue weighted by Gasteiger charge is 2.35.